The van der Waals surface area contributed by atoms with E-state index >= 15 is 0 Å². The Kier molecular flexibility index (Phi) is 14.3. The summed E-state index contributed by atoms with van der Waals surface area (Å²) in [5.74, 6) is 3.76. The number of carbonyl (C=O) groups excluding carboxylic acids is 5. The maximum atomic E-state index is 14.4. The van der Waals surface area contributed by atoms with Gasteiger partial charge < -0.3 is 30.7 Å². The zero-order valence-electron chi connectivity index (χ0n) is 31.6. The lowest BCUT2D eigenvalue weighted by Crippen LogP contribution is -2.58. The number of rotatable bonds is 16. The van der Waals surface area contributed by atoms with Crippen molar-refractivity contribution in [3.63, 3.8) is 0 Å². The van der Waals surface area contributed by atoms with E-state index in [9.17, 15) is 32.4 Å². The third kappa shape index (κ3) is 11.5. The second kappa shape index (κ2) is 17.7. The Labute approximate surface area is 323 Å². The molecule has 5 atom stereocenters. The number of sulfonamides is 1. The van der Waals surface area contributed by atoms with E-state index < -0.39 is 74.3 Å². The zero-order chi connectivity index (χ0) is 40.2. The van der Waals surface area contributed by atoms with E-state index in [4.69, 9.17) is 21.1 Å². The smallest absolute Gasteiger partial charge is 0.408 e. The molecule has 0 bridgehead atoms. The van der Waals surface area contributed by atoms with Crippen LogP contribution in [0.15, 0.2) is 53.7 Å². The molecule has 4 rings (SSSR count). The van der Waals surface area contributed by atoms with Gasteiger partial charge in [0.25, 0.3) is 5.91 Å². The minimum absolute atomic E-state index is 0. The van der Waals surface area contributed by atoms with Gasteiger partial charge in [-0.1, -0.05) is 19.1 Å². The van der Waals surface area contributed by atoms with Crippen molar-refractivity contribution in [1.82, 2.24) is 25.4 Å². The Hall–Kier alpha value is -4.97. The van der Waals surface area contributed by atoms with Crippen LogP contribution in [0.1, 0.15) is 86.1 Å². The Morgan fingerprint density at radius 3 is 2.31 bits per heavy atom. The van der Waals surface area contributed by atoms with E-state index in [0.717, 1.165) is 10.7 Å². The summed E-state index contributed by atoms with van der Waals surface area (Å²) in [6.07, 6.45) is 2.55. The summed E-state index contributed by atoms with van der Waals surface area (Å²) in [5, 5.41) is 9.93. The summed E-state index contributed by atoms with van der Waals surface area (Å²) < 4.78 is 38.0. The van der Waals surface area contributed by atoms with Gasteiger partial charge in [-0.2, -0.15) is 0 Å². The van der Waals surface area contributed by atoms with Crippen LogP contribution in [0.2, 0.25) is 0 Å². The fourth-order valence-corrected chi connectivity index (χ4v) is 7.49. The monoisotopic (exact) mass is 788 g/mol. The van der Waals surface area contributed by atoms with Crippen LogP contribution in [0.25, 0.3) is 0 Å². The van der Waals surface area contributed by atoms with Crippen LogP contribution in [0, 0.1) is 5.92 Å². The van der Waals surface area contributed by atoms with Gasteiger partial charge in [0.2, 0.25) is 21.8 Å². The summed E-state index contributed by atoms with van der Waals surface area (Å²) in [4.78, 5) is 68.9. The van der Waals surface area contributed by atoms with Gasteiger partial charge in [-0.3, -0.25) is 23.9 Å². The number of hydrazine groups is 1. The molecule has 17 nitrogen and oxygen atoms in total. The van der Waals surface area contributed by atoms with Gasteiger partial charge in [-0.25, -0.2) is 24.2 Å². The molecule has 18 heteroatoms. The summed E-state index contributed by atoms with van der Waals surface area (Å²) in [6, 6.07) is 3.33. The molecule has 1 aromatic rings. The first kappa shape index (κ1) is 44.4. The van der Waals surface area contributed by atoms with Crippen LogP contribution in [0.4, 0.5) is 4.79 Å². The predicted molar refractivity (Wildman–Crippen MR) is 206 cm³/mol. The number of benzene rings is 1. The van der Waals surface area contributed by atoms with E-state index in [1.165, 1.54) is 24.2 Å². The average Bonchev–Trinajstić information content (AvgIpc) is 4.01. The number of amides is 4. The molecular formula is C37H56N8O9S. The molecule has 1 heterocycles. The molecule has 0 unspecified atom stereocenters. The minimum Gasteiger partial charge on any atom is -0.497 e. The van der Waals surface area contributed by atoms with Crippen molar-refractivity contribution < 1.29 is 41.9 Å². The third-order valence-electron chi connectivity index (χ3n) is 9.21. The van der Waals surface area contributed by atoms with Crippen LogP contribution in [0.5, 0.6) is 5.75 Å². The van der Waals surface area contributed by atoms with Gasteiger partial charge in [0, 0.05) is 30.9 Å². The lowest BCUT2D eigenvalue weighted by Gasteiger charge is -2.30. The highest BCUT2D eigenvalue weighted by molar-refractivity contribution is 7.91. The van der Waals surface area contributed by atoms with E-state index in [1.54, 1.807) is 58.9 Å². The van der Waals surface area contributed by atoms with Gasteiger partial charge >= 0.3 is 6.09 Å². The fourth-order valence-electron chi connectivity index (χ4n) is 6.13. The number of allylic oxidation sites excluding steroid dienone is 2. The molecule has 55 heavy (non-hydrogen) atoms. The van der Waals surface area contributed by atoms with Crippen molar-refractivity contribution in [2.24, 2.45) is 22.6 Å². The number of amidine groups is 1. The molecule has 304 valence electrons. The zero-order valence-corrected chi connectivity index (χ0v) is 32.4. The first-order valence-corrected chi connectivity index (χ1v) is 19.2. The molecule has 1 aromatic carbocycles. The number of alkyl carbamates (subject to hydrolysis) is 1. The van der Waals surface area contributed by atoms with E-state index in [2.05, 4.69) is 27.0 Å². The lowest BCUT2D eigenvalue weighted by atomic mass is 10.0. The number of methoxy groups -OCH3 is 1. The first-order valence-electron chi connectivity index (χ1n) is 17.7. The highest BCUT2D eigenvalue weighted by Gasteiger charge is 2.62. The predicted octanol–water partition coefficient (Wildman–Crippen LogP) is 1.97. The number of hydrogen-bond acceptors (Lipinski definition) is 12. The number of nitrogens with zero attached hydrogens (tertiary/aromatic N) is 3. The largest absolute Gasteiger partial charge is 0.497 e. The van der Waals surface area contributed by atoms with E-state index in [-0.39, 0.29) is 51.3 Å². The average molecular weight is 789 g/mol. The number of nitrogens with two attached hydrogens (primary N) is 2. The van der Waals surface area contributed by atoms with Gasteiger partial charge in [0.15, 0.2) is 11.6 Å². The molecule has 3 aliphatic rings. The number of likely N-dealkylation sites (tertiary alicyclic amines) is 1. The molecular weight excluding hydrogens is 733 g/mol. The van der Waals surface area contributed by atoms with Gasteiger partial charge in [-0.15, -0.1) is 11.7 Å². The van der Waals surface area contributed by atoms with Crippen LogP contribution in [0.3, 0.4) is 0 Å². The molecule has 4 amide bonds. The molecule has 2 aliphatic carbocycles. The number of carbonyl (C=O) groups is 5. The highest BCUT2D eigenvalue weighted by atomic mass is 32.2. The van der Waals surface area contributed by atoms with Crippen molar-refractivity contribution in [3.8, 4) is 5.75 Å². The first-order chi connectivity index (χ1) is 25.2. The Morgan fingerprint density at radius 1 is 1.15 bits per heavy atom. The quantitative estimate of drug-likeness (QED) is 0.0403. The molecule has 3 fully saturated rings. The summed E-state index contributed by atoms with van der Waals surface area (Å²) >= 11 is 0. The molecule has 7 N–H and O–H groups in total. The van der Waals surface area contributed by atoms with Crippen LogP contribution >= 0.6 is 0 Å². The fraction of sp³-hybridized carbons (Fsp3) is 0.568. The molecule has 2 saturated carbocycles. The SMILES string of the molecule is C.C=C[C@@H]1C[C@]1(NC(=O)[C@@H]1C[C@@H](N(N)/N=C(\N)c2ccc(OC)cc2)CN1C(=O)[C@H](CCC(=O)C=C(C)C)NC(=O)OC(C)(C)C)C(=O)NS(=O)(=O)C1CC1. The molecule has 1 saturated heterocycles. The highest BCUT2D eigenvalue weighted by Crippen LogP contribution is 2.45. The molecule has 0 aromatic heterocycles. The topological polar surface area (TPSA) is 245 Å². The maximum Gasteiger partial charge on any atom is 0.408 e. The van der Waals surface area contributed by atoms with Gasteiger partial charge in [0.1, 0.15) is 29.0 Å². The number of hydrogen-bond donors (Lipinski definition) is 5. The Balaban J connectivity index is 0.00000812. The van der Waals surface area contributed by atoms with E-state index in [0.29, 0.717) is 24.2 Å². The second-order valence-electron chi connectivity index (χ2n) is 15.1. The summed E-state index contributed by atoms with van der Waals surface area (Å²) in [7, 11) is -2.42. The van der Waals surface area contributed by atoms with Crippen molar-refractivity contribution >= 4 is 45.5 Å². The molecule has 0 radical (unpaired) electrons. The van der Waals surface area contributed by atoms with Crippen molar-refractivity contribution in [1.29, 1.82) is 0 Å². The van der Waals surface area contributed by atoms with Crippen LogP contribution in [-0.2, 0) is 33.9 Å². The lowest BCUT2D eigenvalue weighted by molar-refractivity contribution is -0.141. The standard InChI is InChI=1S/C36H52N8O9S.CH4/c1-8-23-19-36(23,33(48)42-54(50,51)27-14-15-27)40-31(46)29-18-24(44(38)41-30(37)22-9-12-26(52-7)13-10-22)20-43(29)32(47)28(16-11-25(45)17-21(2)3)39-34(49)53-35(4,5)6;/h8-10,12-13,17,23-24,27-29H,1,11,14-16,18-20,38H2,2-7H3,(H2,37,41)(H,39,49)(H,40,46)(H,42,48);1H4/t23-,24-,28+,29+,36-;/m1./s1. The van der Waals surface area contributed by atoms with Crippen LogP contribution in [-0.4, -0.2) is 102 Å². The number of ketones is 1. The van der Waals surface area contributed by atoms with E-state index in [1.807, 2.05) is 0 Å². The minimum atomic E-state index is -3.95. The molecule has 1 aliphatic heterocycles. The normalized spacial score (nSPS) is 22.6. The second-order valence-corrected chi connectivity index (χ2v) is 17.1. The van der Waals surface area contributed by atoms with Gasteiger partial charge in [-0.05, 0) is 90.6 Å². The molecule has 0 spiro atoms. The Bertz CT molecular complexity index is 1800. The van der Waals surface area contributed by atoms with Gasteiger partial charge in [0.05, 0.1) is 18.4 Å². The van der Waals surface area contributed by atoms with Crippen molar-refractivity contribution in [2.75, 3.05) is 13.7 Å². The van der Waals surface area contributed by atoms with Crippen LogP contribution < -0.4 is 31.7 Å². The van der Waals surface area contributed by atoms with Crippen molar-refractivity contribution in [3.05, 3.63) is 54.1 Å². The third-order valence-corrected chi connectivity index (χ3v) is 11.0. The Morgan fingerprint density at radius 2 is 1.78 bits per heavy atom. The summed E-state index contributed by atoms with van der Waals surface area (Å²) in [5.41, 5.74) is 4.99. The summed E-state index contributed by atoms with van der Waals surface area (Å²) in [6.45, 7) is 12.0. The number of ether oxygens (including phenoxy) is 2. The van der Waals surface area contributed by atoms with Crippen molar-refractivity contribution in [2.45, 2.75) is 115 Å². The maximum absolute atomic E-state index is 14.4. The number of nitrogens with one attached hydrogen (secondary N) is 3. The number of hydrazone groups is 1.